The molecule has 2 rings (SSSR count). The van der Waals surface area contributed by atoms with Crippen LogP contribution in [-0.2, 0) is 4.79 Å². The molecule has 0 aliphatic carbocycles. The molecule has 0 spiro atoms. The molecule has 0 radical (unpaired) electrons. The second-order valence-electron chi connectivity index (χ2n) is 6.01. The molecule has 1 amide bonds. The molecule has 1 unspecified atom stereocenters. The van der Waals surface area contributed by atoms with Gasteiger partial charge in [0.1, 0.15) is 11.9 Å². The first-order chi connectivity index (χ1) is 12.6. The molecule has 0 bridgehead atoms. The lowest BCUT2D eigenvalue weighted by Gasteiger charge is -2.41. The Morgan fingerprint density at radius 2 is 2.08 bits per heavy atom. The maximum atomic E-state index is 12.6. The number of likely N-dealkylation sites (tertiary alicyclic amines) is 1. The molecule has 1 atom stereocenters. The molecule has 0 aromatic heterocycles. The van der Waals surface area contributed by atoms with Crippen LogP contribution in [0.1, 0.15) is 12.8 Å². The molecule has 1 aromatic rings. The second kappa shape index (κ2) is 10.1. The van der Waals surface area contributed by atoms with E-state index in [1.807, 2.05) is 35.2 Å². The molecule has 26 heavy (non-hydrogen) atoms. The van der Waals surface area contributed by atoms with Gasteiger partial charge in [0.05, 0.1) is 5.88 Å². The van der Waals surface area contributed by atoms with E-state index >= 15 is 0 Å². The van der Waals surface area contributed by atoms with Gasteiger partial charge in [0.2, 0.25) is 0 Å². The highest BCUT2D eigenvalue weighted by Gasteiger charge is 2.31. The molecule has 1 fully saturated rings. The van der Waals surface area contributed by atoms with E-state index < -0.39 is 6.23 Å². The average Bonchev–Trinajstić information content (AvgIpc) is 2.69. The average molecular weight is 377 g/mol. The number of amides is 1. The number of nitrogens with zero attached hydrogens (tertiary/aromatic N) is 4. The van der Waals surface area contributed by atoms with E-state index in [2.05, 4.69) is 16.7 Å². The number of alkyl halides is 1. The number of anilines is 1. The Morgan fingerprint density at radius 3 is 2.62 bits per heavy atom. The summed E-state index contributed by atoms with van der Waals surface area (Å²) in [4.78, 5) is 23.9. The van der Waals surface area contributed by atoms with Crippen molar-refractivity contribution in [2.75, 3.05) is 30.9 Å². The minimum atomic E-state index is -0.763. The summed E-state index contributed by atoms with van der Waals surface area (Å²) in [7, 11) is 1.58. The Hall–Kier alpha value is -2.18. The van der Waals surface area contributed by atoms with Crippen LogP contribution in [0, 0.1) is 0 Å². The van der Waals surface area contributed by atoms with Crippen LogP contribution in [0.2, 0.25) is 0 Å². The van der Waals surface area contributed by atoms with E-state index in [9.17, 15) is 9.90 Å². The monoisotopic (exact) mass is 376 g/mol. The molecule has 1 aromatic carbocycles. The summed E-state index contributed by atoms with van der Waals surface area (Å²) in [5.41, 5.74) is 1.29. The summed E-state index contributed by atoms with van der Waals surface area (Å²) in [6.45, 7) is 4.55. The molecule has 0 saturated carbocycles. The third kappa shape index (κ3) is 4.93. The summed E-state index contributed by atoms with van der Waals surface area (Å²) in [6, 6.07) is 9.85. The predicted octanol–water partition coefficient (Wildman–Crippen LogP) is 2.33. The molecule has 1 saturated heterocycles. The van der Waals surface area contributed by atoms with Crippen LogP contribution in [-0.4, -0.2) is 66.6 Å². The molecular formula is C19H25ClN4O2. The zero-order valence-electron chi connectivity index (χ0n) is 15.0. The van der Waals surface area contributed by atoms with E-state index in [1.165, 1.54) is 6.20 Å². The highest BCUT2D eigenvalue weighted by molar-refractivity contribution is 6.43. The molecule has 7 heteroatoms. The number of carbonyl (C=O) groups excluding carboxylic acids is 1. The Morgan fingerprint density at radius 1 is 1.42 bits per heavy atom. The lowest BCUT2D eigenvalue weighted by molar-refractivity contribution is -0.125. The second-order valence-corrected chi connectivity index (χ2v) is 6.32. The standard InChI is InChI=1S/C19H25ClN4O2/c1-21-11-8-17(22-2)19(26)23-12-9-16(10-13-23)24(18(25)14-20)15-6-4-3-5-7-15/h3-8,11,16,18,25H,1,9-10,12-14H2,2H3/b11-8-,22-17?. The predicted molar refractivity (Wildman–Crippen MR) is 107 cm³/mol. The van der Waals surface area contributed by atoms with Gasteiger partial charge in [0.25, 0.3) is 5.91 Å². The number of carbonyl (C=O) groups is 1. The lowest BCUT2D eigenvalue weighted by Crippen LogP contribution is -2.52. The fourth-order valence-electron chi connectivity index (χ4n) is 3.17. The molecule has 140 valence electrons. The first-order valence-electron chi connectivity index (χ1n) is 8.58. The largest absolute Gasteiger partial charge is 0.372 e. The van der Waals surface area contributed by atoms with Crippen molar-refractivity contribution in [2.24, 2.45) is 9.98 Å². The van der Waals surface area contributed by atoms with Gasteiger partial charge < -0.3 is 14.9 Å². The summed E-state index contributed by atoms with van der Waals surface area (Å²) in [6.07, 6.45) is 3.75. The highest BCUT2D eigenvalue weighted by atomic mass is 35.5. The van der Waals surface area contributed by atoms with Crippen LogP contribution in [0.5, 0.6) is 0 Å². The van der Waals surface area contributed by atoms with Crippen molar-refractivity contribution >= 4 is 35.6 Å². The van der Waals surface area contributed by atoms with Gasteiger partial charge in [-0.1, -0.05) is 18.2 Å². The van der Waals surface area contributed by atoms with E-state index in [-0.39, 0.29) is 17.8 Å². The molecule has 6 nitrogen and oxygen atoms in total. The zero-order chi connectivity index (χ0) is 18.9. The quantitative estimate of drug-likeness (QED) is 0.451. The first kappa shape index (κ1) is 20.1. The normalized spacial score (nSPS) is 17.3. The SMILES string of the molecule is C=N/C=C\C(=NC)C(=O)N1CCC(N(c2ccccc2)C(O)CCl)CC1. The highest BCUT2D eigenvalue weighted by Crippen LogP contribution is 2.26. The smallest absolute Gasteiger partial charge is 0.272 e. The number of piperidine rings is 1. The number of halogens is 1. The molecule has 1 N–H and O–H groups in total. The van der Waals surface area contributed by atoms with Crippen LogP contribution < -0.4 is 4.90 Å². The van der Waals surface area contributed by atoms with E-state index in [0.29, 0.717) is 18.8 Å². The van der Waals surface area contributed by atoms with Crippen molar-refractivity contribution in [3.63, 3.8) is 0 Å². The molecule has 1 aliphatic rings. The van der Waals surface area contributed by atoms with Gasteiger partial charge in [-0.05, 0) is 37.8 Å². The molecule has 1 aliphatic heterocycles. The number of hydrogen-bond donors (Lipinski definition) is 1. The minimum Gasteiger partial charge on any atom is -0.372 e. The van der Waals surface area contributed by atoms with Crippen LogP contribution in [0.4, 0.5) is 5.69 Å². The number of aliphatic hydroxyl groups is 1. The van der Waals surface area contributed by atoms with Crippen LogP contribution in [0.25, 0.3) is 0 Å². The van der Waals surface area contributed by atoms with Crippen LogP contribution >= 0.6 is 11.6 Å². The van der Waals surface area contributed by atoms with Crippen LogP contribution in [0.15, 0.2) is 52.6 Å². The van der Waals surface area contributed by atoms with Crippen molar-refractivity contribution < 1.29 is 9.90 Å². The summed E-state index contributed by atoms with van der Waals surface area (Å²) >= 11 is 5.91. The summed E-state index contributed by atoms with van der Waals surface area (Å²) < 4.78 is 0. The Kier molecular flexibility index (Phi) is 7.81. The number of hydrogen-bond acceptors (Lipinski definition) is 5. The van der Waals surface area contributed by atoms with Gasteiger partial charge >= 0.3 is 0 Å². The van der Waals surface area contributed by atoms with Gasteiger partial charge in [0.15, 0.2) is 0 Å². The summed E-state index contributed by atoms with van der Waals surface area (Å²) in [5, 5.41) is 10.4. The Labute approximate surface area is 159 Å². The van der Waals surface area contributed by atoms with E-state index in [1.54, 1.807) is 18.0 Å². The first-order valence-corrected chi connectivity index (χ1v) is 9.11. The third-order valence-electron chi connectivity index (χ3n) is 4.46. The van der Waals surface area contributed by atoms with Crippen molar-refractivity contribution in [2.45, 2.75) is 25.1 Å². The number of para-hydroxylation sites is 1. The fourth-order valence-corrected chi connectivity index (χ4v) is 3.32. The Balaban J connectivity index is 2.06. The van der Waals surface area contributed by atoms with Crippen molar-refractivity contribution in [3.8, 4) is 0 Å². The number of benzene rings is 1. The fraction of sp³-hybridized carbons (Fsp3) is 0.421. The Bertz CT molecular complexity index is 655. The van der Waals surface area contributed by atoms with Gasteiger partial charge in [-0.15, -0.1) is 11.6 Å². The number of rotatable bonds is 7. The number of aliphatic imine (C=N–C) groups is 2. The van der Waals surface area contributed by atoms with Gasteiger partial charge in [-0.2, -0.15) is 0 Å². The zero-order valence-corrected chi connectivity index (χ0v) is 15.7. The minimum absolute atomic E-state index is 0.114. The maximum Gasteiger partial charge on any atom is 0.272 e. The van der Waals surface area contributed by atoms with Crippen molar-refractivity contribution in [1.29, 1.82) is 0 Å². The van der Waals surface area contributed by atoms with Crippen LogP contribution in [0.3, 0.4) is 0 Å². The van der Waals surface area contributed by atoms with Crippen molar-refractivity contribution in [3.05, 3.63) is 42.6 Å². The van der Waals surface area contributed by atoms with Gasteiger partial charge in [0, 0.05) is 38.1 Å². The maximum absolute atomic E-state index is 12.6. The molecular weight excluding hydrogens is 352 g/mol. The van der Waals surface area contributed by atoms with Crippen molar-refractivity contribution in [1.82, 2.24) is 4.90 Å². The van der Waals surface area contributed by atoms with Gasteiger partial charge in [-0.3, -0.25) is 14.8 Å². The lowest BCUT2D eigenvalue weighted by atomic mass is 10.0. The van der Waals surface area contributed by atoms with E-state index in [0.717, 1.165) is 18.5 Å². The van der Waals surface area contributed by atoms with Gasteiger partial charge in [-0.25, -0.2) is 0 Å². The third-order valence-corrected chi connectivity index (χ3v) is 4.73. The summed E-state index contributed by atoms with van der Waals surface area (Å²) in [5.74, 6) is 0.00929. The topological polar surface area (TPSA) is 68.5 Å². The molecule has 1 heterocycles. The number of aliphatic hydroxyl groups excluding tert-OH is 1. The van der Waals surface area contributed by atoms with E-state index in [4.69, 9.17) is 11.6 Å².